The third-order valence-electron chi connectivity index (χ3n) is 5.57. The highest BCUT2D eigenvalue weighted by molar-refractivity contribution is 5.73. The lowest BCUT2D eigenvalue weighted by Gasteiger charge is -2.32. The van der Waals surface area contributed by atoms with Gasteiger partial charge in [-0.1, -0.05) is 5.21 Å². The Balaban J connectivity index is 0.000000317. The van der Waals surface area contributed by atoms with Crippen molar-refractivity contribution in [1.82, 2.24) is 35.2 Å². The maximum absolute atomic E-state index is 10.6. The van der Waals surface area contributed by atoms with Crippen LogP contribution in [0.2, 0.25) is 0 Å². The van der Waals surface area contributed by atoms with E-state index in [1.807, 2.05) is 6.20 Å². The molecule has 2 saturated heterocycles. The van der Waals surface area contributed by atoms with E-state index in [0.29, 0.717) is 6.04 Å². The summed E-state index contributed by atoms with van der Waals surface area (Å²) >= 11 is 0. The van der Waals surface area contributed by atoms with Crippen molar-refractivity contribution in [3.63, 3.8) is 0 Å². The smallest absolute Gasteiger partial charge is 0.475 e. The highest BCUT2D eigenvalue weighted by Gasteiger charge is 2.38. The van der Waals surface area contributed by atoms with Crippen LogP contribution in [0.4, 0.5) is 32.2 Å². The molecule has 0 radical (unpaired) electrons. The van der Waals surface area contributed by atoms with Gasteiger partial charge in [0.1, 0.15) is 5.82 Å². The molecule has 2 aliphatic rings. The minimum atomic E-state index is -5.08. The molecule has 18 heteroatoms. The highest BCUT2D eigenvalue weighted by atomic mass is 19.4. The Morgan fingerprint density at radius 3 is 2.10 bits per heavy atom. The molecule has 4 heterocycles. The molecular formula is C21H28F6N8O4. The van der Waals surface area contributed by atoms with E-state index in [1.54, 1.807) is 12.4 Å². The quantitative estimate of drug-likeness (QED) is 0.463. The number of alkyl halides is 6. The van der Waals surface area contributed by atoms with Crippen molar-refractivity contribution >= 4 is 17.8 Å². The maximum Gasteiger partial charge on any atom is 0.490 e. The Morgan fingerprint density at radius 2 is 1.56 bits per heavy atom. The SMILES string of the molecule is O=C(O)C(F)(F)F.O=C(O)C(F)(F)F.c1cnc(N2CCC(n3cc(CN4CCCNCC4)nn3)CC2)cn1. The largest absolute Gasteiger partial charge is 0.490 e. The zero-order valence-corrected chi connectivity index (χ0v) is 20.6. The summed E-state index contributed by atoms with van der Waals surface area (Å²) in [7, 11) is 0. The van der Waals surface area contributed by atoms with Gasteiger partial charge in [-0.15, -0.1) is 5.10 Å². The molecule has 0 aromatic carbocycles. The molecule has 39 heavy (non-hydrogen) atoms. The standard InChI is InChI=1S/C17H26N8.2C2HF3O2/c1-4-18-7-11-23(8-1)13-15-14-25(22-21-15)16-2-9-24(10-3-16)17-12-19-5-6-20-17;2*3-2(4,5)1(6)7/h5-6,12,14,16,18H,1-4,7-11,13H2;2*(H,6,7). The fourth-order valence-electron chi connectivity index (χ4n) is 3.67. The number of carbonyl (C=O) groups is 2. The number of nitrogens with one attached hydrogen (secondary N) is 1. The molecule has 2 aromatic rings. The summed E-state index contributed by atoms with van der Waals surface area (Å²) in [6.07, 6.45) is 0.608. The first-order valence-electron chi connectivity index (χ1n) is 11.7. The highest BCUT2D eigenvalue weighted by Crippen LogP contribution is 2.24. The number of rotatable bonds is 4. The number of hydrogen-bond acceptors (Lipinski definition) is 9. The van der Waals surface area contributed by atoms with Crippen LogP contribution in [-0.2, 0) is 16.1 Å². The molecule has 0 atom stereocenters. The Hall–Kier alpha value is -3.54. The molecule has 0 spiro atoms. The topological polar surface area (TPSA) is 150 Å². The number of anilines is 1. The van der Waals surface area contributed by atoms with Crippen molar-refractivity contribution in [2.75, 3.05) is 44.2 Å². The van der Waals surface area contributed by atoms with Crippen LogP contribution in [0.15, 0.2) is 24.8 Å². The van der Waals surface area contributed by atoms with Gasteiger partial charge in [-0.05, 0) is 32.4 Å². The van der Waals surface area contributed by atoms with Gasteiger partial charge in [0.15, 0.2) is 0 Å². The van der Waals surface area contributed by atoms with Crippen LogP contribution in [0, 0.1) is 0 Å². The first-order chi connectivity index (χ1) is 18.3. The molecule has 3 N–H and O–H groups in total. The van der Waals surface area contributed by atoms with Gasteiger partial charge in [0, 0.05) is 45.1 Å². The summed E-state index contributed by atoms with van der Waals surface area (Å²) in [5.41, 5.74) is 1.08. The van der Waals surface area contributed by atoms with Crippen LogP contribution in [0.5, 0.6) is 0 Å². The molecule has 218 valence electrons. The zero-order chi connectivity index (χ0) is 29.1. The predicted molar refractivity (Wildman–Crippen MR) is 123 cm³/mol. The van der Waals surface area contributed by atoms with E-state index in [0.717, 1.165) is 70.2 Å². The van der Waals surface area contributed by atoms with Crippen molar-refractivity contribution in [3.05, 3.63) is 30.5 Å². The van der Waals surface area contributed by atoms with E-state index in [9.17, 15) is 26.3 Å². The molecule has 0 aliphatic carbocycles. The first kappa shape index (κ1) is 31.7. The molecule has 2 fully saturated rings. The molecule has 2 aliphatic heterocycles. The summed E-state index contributed by atoms with van der Waals surface area (Å²) in [6, 6.07) is 0.431. The number of aliphatic carboxylic acids is 2. The molecule has 12 nitrogen and oxygen atoms in total. The Bertz CT molecular complexity index is 997. The Morgan fingerprint density at radius 1 is 0.949 bits per heavy atom. The fraction of sp³-hybridized carbons (Fsp3) is 0.619. The van der Waals surface area contributed by atoms with Gasteiger partial charge >= 0.3 is 24.3 Å². The van der Waals surface area contributed by atoms with E-state index in [2.05, 4.69) is 46.3 Å². The van der Waals surface area contributed by atoms with Gasteiger partial charge in [-0.2, -0.15) is 26.3 Å². The van der Waals surface area contributed by atoms with E-state index in [4.69, 9.17) is 19.8 Å². The lowest BCUT2D eigenvalue weighted by molar-refractivity contribution is -0.193. The minimum absolute atomic E-state index is 0.431. The van der Waals surface area contributed by atoms with Gasteiger partial charge < -0.3 is 20.4 Å². The van der Waals surface area contributed by atoms with Crippen LogP contribution >= 0.6 is 0 Å². The Labute approximate surface area is 218 Å². The second kappa shape index (κ2) is 14.6. The zero-order valence-electron chi connectivity index (χ0n) is 20.6. The van der Waals surface area contributed by atoms with Crippen LogP contribution in [0.25, 0.3) is 0 Å². The van der Waals surface area contributed by atoms with Gasteiger partial charge in [-0.3, -0.25) is 9.88 Å². The van der Waals surface area contributed by atoms with E-state index >= 15 is 0 Å². The van der Waals surface area contributed by atoms with Gasteiger partial charge in [0.05, 0.1) is 24.1 Å². The molecular weight excluding hydrogens is 542 g/mol. The molecule has 0 saturated carbocycles. The molecule has 4 rings (SSSR count). The summed E-state index contributed by atoms with van der Waals surface area (Å²) in [6.45, 7) is 7.27. The molecule has 2 aromatic heterocycles. The second-order valence-corrected chi connectivity index (χ2v) is 8.46. The van der Waals surface area contributed by atoms with Crippen LogP contribution < -0.4 is 10.2 Å². The van der Waals surface area contributed by atoms with Crippen molar-refractivity contribution in [2.45, 2.75) is 44.2 Å². The van der Waals surface area contributed by atoms with Crippen molar-refractivity contribution in [2.24, 2.45) is 0 Å². The number of piperidine rings is 1. The maximum atomic E-state index is 10.6. The minimum Gasteiger partial charge on any atom is -0.475 e. The summed E-state index contributed by atoms with van der Waals surface area (Å²) in [5.74, 6) is -4.55. The molecule has 0 amide bonds. The van der Waals surface area contributed by atoms with E-state index in [1.165, 1.54) is 6.42 Å². The lowest BCUT2D eigenvalue weighted by atomic mass is 10.1. The number of carboxylic acids is 2. The van der Waals surface area contributed by atoms with Gasteiger partial charge in [0.25, 0.3) is 0 Å². The molecule has 0 unspecified atom stereocenters. The Kier molecular flexibility index (Phi) is 11.8. The van der Waals surface area contributed by atoms with Crippen LogP contribution in [0.3, 0.4) is 0 Å². The number of hydrogen-bond donors (Lipinski definition) is 3. The van der Waals surface area contributed by atoms with Gasteiger partial charge in [0.2, 0.25) is 0 Å². The summed E-state index contributed by atoms with van der Waals surface area (Å²) in [4.78, 5) is 31.1. The second-order valence-electron chi connectivity index (χ2n) is 8.46. The van der Waals surface area contributed by atoms with Crippen LogP contribution in [0.1, 0.15) is 31.0 Å². The summed E-state index contributed by atoms with van der Waals surface area (Å²) in [5, 5.41) is 26.5. The van der Waals surface area contributed by atoms with Gasteiger partial charge in [-0.25, -0.2) is 19.3 Å². The van der Waals surface area contributed by atoms with Crippen molar-refractivity contribution in [3.8, 4) is 0 Å². The number of halogens is 6. The third-order valence-corrected chi connectivity index (χ3v) is 5.57. The molecule has 0 bridgehead atoms. The normalized spacial score (nSPS) is 17.2. The average molecular weight is 570 g/mol. The van der Waals surface area contributed by atoms with Crippen molar-refractivity contribution < 1.29 is 46.1 Å². The van der Waals surface area contributed by atoms with E-state index < -0.39 is 24.3 Å². The predicted octanol–water partition coefficient (Wildman–Crippen LogP) is 1.97. The average Bonchev–Trinajstić information content (AvgIpc) is 3.19. The number of nitrogens with zero attached hydrogens (tertiary/aromatic N) is 7. The number of aromatic nitrogens is 5. The summed E-state index contributed by atoms with van der Waals surface area (Å²) < 4.78 is 65.5. The van der Waals surface area contributed by atoms with Crippen LogP contribution in [-0.4, -0.2) is 104 Å². The fourth-order valence-corrected chi connectivity index (χ4v) is 3.67. The van der Waals surface area contributed by atoms with Crippen molar-refractivity contribution in [1.29, 1.82) is 0 Å². The monoisotopic (exact) mass is 570 g/mol. The third kappa shape index (κ3) is 11.4. The van der Waals surface area contributed by atoms with E-state index in [-0.39, 0.29) is 0 Å². The number of carboxylic acid groups (broad SMARTS) is 2. The first-order valence-corrected chi connectivity index (χ1v) is 11.7. The lowest BCUT2D eigenvalue weighted by Crippen LogP contribution is -2.35.